The van der Waals surface area contributed by atoms with E-state index < -0.39 is 0 Å². The van der Waals surface area contributed by atoms with E-state index in [2.05, 4.69) is 20.5 Å². The Bertz CT molecular complexity index is 720. The van der Waals surface area contributed by atoms with Crippen LogP contribution in [0.15, 0.2) is 24.3 Å². The van der Waals surface area contributed by atoms with Gasteiger partial charge in [0.05, 0.1) is 13.7 Å². The number of aromatic nitrogens is 3. The minimum absolute atomic E-state index is 0.0275. The fourth-order valence-corrected chi connectivity index (χ4v) is 3.58. The van der Waals surface area contributed by atoms with Crippen LogP contribution < -0.4 is 15.8 Å². The molecule has 0 saturated heterocycles. The number of carbonyl (C=O) groups is 1. The average molecular weight is 357 g/mol. The second-order valence-electron chi connectivity index (χ2n) is 7.05. The van der Waals surface area contributed by atoms with Gasteiger partial charge < -0.3 is 15.8 Å². The molecule has 1 saturated carbocycles. The van der Waals surface area contributed by atoms with Crippen molar-refractivity contribution in [3.05, 3.63) is 30.1 Å². The number of hydrogen-bond acceptors (Lipinski definition) is 5. The quantitative estimate of drug-likeness (QED) is 0.705. The van der Waals surface area contributed by atoms with Crippen molar-refractivity contribution in [2.75, 3.05) is 13.7 Å². The van der Waals surface area contributed by atoms with Gasteiger partial charge in [-0.05, 0) is 49.1 Å². The van der Waals surface area contributed by atoms with Crippen molar-refractivity contribution in [1.29, 1.82) is 0 Å². The number of methoxy groups -OCH3 is 1. The largest absolute Gasteiger partial charge is 0.497 e. The summed E-state index contributed by atoms with van der Waals surface area (Å²) in [5.74, 6) is 2.05. The van der Waals surface area contributed by atoms with Gasteiger partial charge in [0, 0.05) is 12.0 Å². The number of benzene rings is 1. The van der Waals surface area contributed by atoms with E-state index in [9.17, 15) is 4.79 Å². The molecule has 0 radical (unpaired) electrons. The Balaban J connectivity index is 1.54. The van der Waals surface area contributed by atoms with E-state index in [1.54, 1.807) is 7.11 Å². The number of nitrogens with two attached hydrogens (primary N) is 1. The first kappa shape index (κ1) is 18.4. The monoisotopic (exact) mass is 357 g/mol. The minimum Gasteiger partial charge on any atom is -0.497 e. The molecule has 3 rings (SSSR count). The predicted molar refractivity (Wildman–Crippen MR) is 99.4 cm³/mol. The van der Waals surface area contributed by atoms with Crippen molar-refractivity contribution in [2.45, 2.75) is 45.1 Å². The van der Waals surface area contributed by atoms with E-state index >= 15 is 0 Å². The topological polar surface area (TPSA) is 106 Å². The highest BCUT2D eigenvalue weighted by Crippen LogP contribution is 2.38. The van der Waals surface area contributed by atoms with Crippen LogP contribution in [0.5, 0.6) is 5.75 Å². The van der Waals surface area contributed by atoms with Gasteiger partial charge in [-0.15, -0.1) is 0 Å². The second-order valence-corrected chi connectivity index (χ2v) is 7.05. The Labute approximate surface area is 153 Å². The Morgan fingerprint density at radius 2 is 2.00 bits per heavy atom. The van der Waals surface area contributed by atoms with Crippen LogP contribution in [0.25, 0.3) is 11.4 Å². The summed E-state index contributed by atoms with van der Waals surface area (Å²) in [6.07, 6.45) is 6.15. The molecule has 1 heterocycles. The zero-order chi connectivity index (χ0) is 18.4. The molecule has 0 spiro atoms. The van der Waals surface area contributed by atoms with Crippen LogP contribution in [-0.2, 0) is 11.3 Å². The fraction of sp³-hybridized carbons (Fsp3) is 0.526. The molecule has 2 aromatic rings. The minimum atomic E-state index is -0.0298. The molecule has 1 fully saturated rings. The molecule has 0 aliphatic heterocycles. The van der Waals surface area contributed by atoms with Crippen molar-refractivity contribution in [3.63, 3.8) is 0 Å². The molecule has 0 unspecified atom stereocenters. The van der Waals surface area contributed by atoms with Crippen LogP contribution in [0.4, 0.5) is 0 Å². The summed E-state index contributed by atoms with van der Waals surface area (Å²) in [5.41, 5.74) is 6.83. The predicted octanol–water partition coefficient (Wildman–Crippen LogP) is 2.40. The highest BCUT2D eigenvalue weighted by Gasteiger charge is 2.32. The Kier molecular flexibility index (Phi) is 5.88. The molecule has 0 atom stereocenters. The average Bonchev–Trinajstić information content (AvgIpc) is 3.16. The van der Waals surface area contributed by atoms with Crippen molar-refractivity contribution < 1.29 is 9.53 Å². The molecule has 0 bridgehead atoms. The lowest BCUT2D eigenvalue weighted by molar-refractivity contribution is -0.124. The number of H-pyrrole nitrogens is 1. The van der Waals surface area contributed by atoms with Crippen LogP contribution in [0, 0.1) is 5.41 Å². The molecule has 1 aromatic heterocycles. The van der Waals surface area contributed by atoms with Crippen molar-refractivity contribution >= 4 is 5.91 Å². The molecule has 26 heavy (non-hydrogen) atoms. The van der Waals surface area contributed by atoms with Crippen LogP contribution in [-0.4, -0.2) is 34.7 Å². The third-order valence-electron chi connectivity index (χ3n) is 5.22. The number of aromatic amines is 1. The molecule has 1 amide bonds. The molecule has 7 heteroatoms. The Morgan fingerprint density at radius 3 is 2.65 bits per heavy atom. The summed E-state index contributed by atoms with van der Waals surface area (Å²) in [7, 11) is 1.63. The van der Waals surface area contributed by atoms with E-state index in [0.29, 0.717) is 31.2 Å². The van der Waals surface area contributed by atoms with Gasteiger partial charge in [0.15, 0.2) is 5.82 Å². The van der Waals surface area contributed by atoms with Crippen LogP contribution in [0.2, 0.25) is 0 Å². The number of rotatable bonds is 7. The van der Waals surface area contributed by atoms with Gasteiger partial charge in [-0.2, -0.15) is 5.10 Å². The van der Waals surface area contributed by atoms with Gasteiger partial charge >= 0.3 is 0 Å². The zero-order valence-electron chi connectivity index (χ0n) is 15.3. The number of hydrogen-bond donors (Lipinski definition) is 3. The van der Waals surface area contributed by atoms with Gasteiger partial charge in [-0.3, -0.25) is 9.89 Å². The first-order valence-corrected chi connectivity index (χ1v) is 9.17. The van der Waals surface area contributed by atoms with Gasteiger partial charge in [0.2, 0.25) is 5.91 Å². The van der Waals surface area contributed by atoms with Gasteiger partial charge in [0.1, 0.15) is 11.6 Å². The van der Waals surface area contributed by atoms with E-state index in [1.165, 1.54) is 6.42 Å². The first-order chi connectivity index (χ1) is 12.6. The summed E-state index contributed by atoms with van der Waals surface area (Å²) in [6.45, 7) is 0.910. The maximum Gasteiger partial charge on any atom is 0.220 e. The van der Waals surface area contributed by atoms with Gasteiger partial charge in [-0.25, -0.2) is 4.98 Å². The lowest BCUT2D eigenvalue weighted by Crippen LogP contribution is -2.38. The lowest BCUT2D eigenvalue weighted by Gasteiger charge is -2.35. The van der Waals surface area contributed by atoms with Crippen molar-refractivity contribution in [2.24, 2.45) is 11.1 Å². The number of nitrogens with zero attached hydrogens (tertiary/aromatic N) is 2. The molecular weight excluding hydrogens is 330 g/mol. The van der Waals surface area contributed by atoms with Gasteiger partial charge in [0.25, 0.3) is 0 Å². The van der Waals surface area contributed by atoms with E-state index in [4.69, 9.17) is 10.5 Å². The fourth-order valence-electron chi connectivity index (χ4n) is 3.58. The zero-order valence-corrected chi connectivity index (χ0v) is 15.3. The van der Waals surface area contributed by atoms with Crippen LogP contribution in [0.1, 0.15) is 44.3 Å². The van der Waals surface area contributed by atoms with E-state index in [1.807, 2.05) is 24.3 Å². The Hall–Kier alpha value is -2.41. The SMILES string of the molecule is COc1ccc(-c2n[nH]c(CNC(=O)CC3(CN)CCCCC3)n2)cc1. The summed E-state index contributed by atoms with van der Waals surface area (Å²) >= 11 is 0. The van der Waals surface area contributed by atoms with E-state index in [-0.39, 0.29) is 11.3 Å². The third kappa shape index (κ3) is 4.40. The van der Waals surface area contributed by atoms with E-state index in [0.717, 1.165) is 37.0 Å². The maximum absolute atomic E-state index is 12.4. The highest BCUT2D eigenvalue weighted by atomic mass is 16.5. The molecule has 1 aliphatic rings. The maximum atomic E-state index is 12.4. The third-order valence-corrected chi connectivity index (χ3v) is 5.22. The molecular formula is C19H27N5O2. The summed E-state index contributed by atoms with van der Waals surface area (Å²) in [4.78, 5) is 16.8. The molecule has 1 aromatic carbocycles. The first-order valence-electron chi connectivity index (χ1n) is 9.17. The van der Waals surface area contributed by atoms with Crippen molar-refractivity contribution in [3.8, 4) is 17.1 Å². The summed E-state index contributed by atoms with van der Waals surface area (Å²) in [5, 5.41) is 10.0. The van der Waals surface area contributed by atoms with Crippen LogP contribution >= 0.6 is 0 Å². The smallest absolute Gasteiger partial charge is 0.220 e. The normalized spacial score (nSPS) is 16.2. The van der Waals surface area contributed by atoms with Gasteiger partial charge in [-0.1, -0.05) is 19.3 Å². The highest BCUT2D eigenvalue weighted by molar-refractivity contribution is 5.76. The molecule has 140 valence electrons. The Morgan fingerprint density at radius 1 is 1.27 bits per heavy atom. The lowest BCUT2D eigenvalue weighted by atomic mass is 9.71. The van der Waals surface area contributed by atoms with Crippen molar-refractivity contribution in [1.82, 2.24) is 20.5 Å². The number of ether oxygens (including phenoxy) is 1. The molecule has 1 aliphatic carbocycles. The summed E-state index contributed by atoms with van der Waals surface area (Å²) in [6, 6.07) is 7.53. The second kappa shape index (κ2) is 8.31. The van der Waals surface area contributed by atoms with Crippen LogP contribution in [0.3, 0.4) is 0 Å². The standard InChI is InChI=1S/C19H27N5O2/c1-26-15-7-5-14(6-8-15)18-22-16(23-24-18)12-21-17(25)11-19(13-20)9-3-2-4-10-19/h5-8H,2-4,9-13,20H2,1H3,(H,21,25)(H,22,23,24). The number of carbonyl (C=O) groups excluding carboxylic acids is 1. The molecule has 4 N–H and O–H groups in total. The number of amides is 1. The number of nitrogens with one attached hydrogen (secondary N) is 2. The summed E-state index contributed by atoms with van der Waals surface area (Å²) < 4.78 is 5.15. The molecule has 7 nitrogen and oxygen atoms in total.